The molecule has 0 atom stereocenters. The first kappa shape index (κ1) is 15.9. The summed E-state index contributed by atoms with van der Waals surface area (Å²) in [6.07, 6.45) is 2.22. The van der Waals surface area contributed by atoms with Gasteiger partial charge >= 0.3 is 5.88 Å². The number of primary amides is 1. The summed E-state index contributed by atoms with van der Waals surface area (Å²) in [5.74, 6) is -1.75. The summed E-state index contributed by atoms with van der Waals surface area (Å²) in [6.45, 7) is 2.77. The molecule has 0 heterocycles. The van der Waals surface area contributed by atoms with E-state index < -0.39 is 29.2 Å². The average molecular weight is 291 g/mol. The zero-order valence-electron chi connectivity index (χ0n) is 10.9. The predicted octanol–water partition coefficient (Wildman–Crippen LogP) is 1.04. The van der Waals surface area contributed by atoms with Crippen LogP contribution in [0, 0.1) is 10.1 Å². The molecule has 21 heavy (non-hydrogen) atoms. The summed E-state index contributed by atoms with van der Waals surface area (Å²) in [7, 11) is 0. The number of ether oxygens (including phenoxy) is 1. The Hall–Kier alpha value is -3.16. The van der Waals surface area contributed by atoms with Gasteiger partial charge in [0.1, 0.15) is 4.92 Å². The van der Waals surface area contributed by atoms with Crippen molar-refractivity contribution in [1.29, 1.82) is 0 Å². The van der Waals surface area contributed by atoms with Crippen LogP contribution in [0.3, 0.4) is 0 Å². The second-order valence-electron chi connectivity index (χ2n) is 3.78. The maximum Gasteiger partial charge on any atom is 0.428 e. The number of rotatable bonds is 7. The lowest BCUT2D eigenvalue weighted by Crippen LogP contribution is -2.20. The van der Waals surface area contributed by atoms with Gasteiger partial charge in [0.2, 0.25) is 5.91 Å². The molecule has 0 spiro atoms. The Kier molecular flexibility index (Phi) is 5.63. The number of nitro groups is 1. The van der Waals surface area contributed by atoms with Crippen LogP contribution in [0.4, 0.5) is 5.69 Å². The second-order valence-corrected chi connectivity index (χ2v) is 3.78. The number of nitrogens with zero attached hydrogens (tertiary/aromatic N) is 1. The van der Waals surface area contributed by atoms with Crippen LogP contribution in [0.1, 0.15) is 10.4 Å². The lowest BCUT2D eigenvalue weighted by molar-refractivity contribution is -0.462. The van der Waals surface area contributed by atoms with Gasteiger partial charge in [0.05, 0.1) is 6.08 Å². The van der Waals surface area contributed by atoms with E-state index in [0.717, 1.165) is 6.08 Å². The molecular weight excluding hydrogens is 278 g/mol. The highest BCUT2D eigenvalue weighted by atomic mass is 16.7. The summed E-state index contributed by atoms with van der Waals surface area (Å²) in [5, 5.41) is 13.0. The molecule has 0 unspecified atom stereocenters. The van der Waals surface area contributed by atoms with Gasteiger partial charge in [0, 0.05) is 11.3 Å². The summed E-state index contributed by atoms with van der Waals surface area (Å²) < 4.78 is 4.74. The van der Waals surface area contributed by atoms with E-state index in [1.807, 2.05) is 0 Å². The largest absolute Gasteiger partial charge is 0.430 e. The van der Waals surface area contributed by atoms with Gasteiger partial charge in [-0.2, -0.15) is 0 Å². The van der Waals surface area contributed by atoms with Crippen LogP contribution in [-0.4, -0.2) is 23.3 Å². The number of anilines is 1. The van der Waals surface area contributed by atoms with Crippen molar-refractivity contribution in [3.63, 3.8) is 0 Å². The Bertz CT molecular complexity index is 592. The van der Waals surface area contributed by atoms with Crippen LogP contribution < -0.4 is 11.1 Å². The smallest absolute Gasteiger partial charge is 0.428 e. The van der Waals surface area contributed by atoms with E-state index >= 15 is 0 Å². The highest BCUT2D eigenvalue weighted by Gasteiger charge is 2.13. The molecular formula is C13H13N3O5. The number of carbonyl (C=O) groups is 2. The number of hydrogen-bond donors (Lipinski definition) is 2. The molecule has 0 aromatic heterocycles. The van der Waals surface area contributed by atoms with E-state index in [1.165, 1.54) is 30.3 Å². The zero-order chi connectivity index (χ0) is 15.8. The first-order valence-electron chi connectivity index (χ1n) is 5.73. The van der Waals surface area contributed by atoms with Crippen molar-refractivity contribution in [3.8, 4) is 0 Å². The van der Waals surface area contributed by atoms with Crippen molar-refractivity contribution >= 4 is 17.5 Å². The van der Waals surface area contributed by atoms with E-state index in [1.54, 1.807) is 0 Å². The van der Waals surface area contributed by atoms with Crippen molar-refractivity contribution in [2.75, 3.05) is 11.9 Å². The lowest BCUT2D eigenvalue weighted by atomic mass is 10.2. The number of nitrogens with one attached hydrogen (secondary N) is 1. The Morgan fingerprint density at radius 3 is 2.48 bits per heavy atom. The zero-order valence-corrected chi connectivity index (χ0v) is 10.9. The molecule has 3 N–H and O–H groups in total. The Morgan fingerprint density at radius 1 is 1.38 bits per heavy atom. The van der Waals surface area contributed by atoms with E-state index in [9.17, 15) is 19.7 Å². The van der Waals surface area contributed by atoms with Gasteiger partial charge in [0.25, 0.3) is 5.91 Å². The van der Waals surface area contributed by atoms with Crippen LogP contribution in [-0.2, 0) is 9.53 Å². The maximum absolute atomic E-state index is 11.6. The van der Waals surface area contributed by atoms with Crippen LogP contribution in [0.25, 0.3) is 0 Å². The topological polar surface area (TPSA) is 125 Å². The third-order valence-electron chi connectivity index (χ3n) is 2.24. The number of hydrogen-bond acceptors (Lipinski definition) is 5. The highest BCUT2D eigenvalue weighted by molar-refractivity contribution is 5.95. The van der Waals surface area contributed by atoms with E-state index in [4.69, 9.17) is 10.5 Å². The number of carbonyl (C=O) groups excluding carboxylic acids is 2. The fraction of sp³-hybridized carbons (Fsp3) is 0.0769. The van der Waals surface area contributed by atoms with E-state index in [2.05, 4.69) is 11.9 Å². The summed E-state index contributed by atoms with van der Waals surface area (Å²) >= 11 is 0. The van der Waals surface area contributed by atoms with Crippen molar-refractivity contribution in [1.82, 2.24) is 0 Å². The van der Waals surface area contributed by atoms with Crippen molar-refractivity contribution < 1.29 is 19.2 Å². The molecule has 1 aromatic carbocycles. The molecule has 0 fully saturated rings. The van der Waals surface area contributed by atoms with Crippen molar-refractivity contribution in [2.24, 2.45) is 5.73 Å². The molecule has 1 aromatic rings. The molecule has 8 heteroatoms. The first-order chi connectivity index (χ1) is 9.93. The SMILES string of the molecule is C=C/C=C(\OCC(=O)Nc1ccc(C(N)=O)cc1)[N+](=O)[O-]. The summed E-state index contributed by atoms with van der Waals surface area (Å²) in [4.78, 5) is 32.2. The Morgan fingerprint density at radius 2 is 2.00 bits per heavy atom. The third kappa shape index (κ3) is 5.15. The molecule has 0 saturated heterocycles. The maximum atomic E-state index is 11.6. The number of amides is 2. The Balaban J connectivity index is 2.57. The molecule has 0 aliphatic carbocycles. The monoisotopic (exact) mass is 291 g/mol. The average Bonchev–Trinajstić information content (AvgIpc) is 2.43. The normalized spacial score (nSPS) is 10.6. The van der Waals surface area contributed by atoms with Gasteiger partial charge in [-0.05, 0) is 24.3 Å². The number of benzene rings is 1. The molecule has 0 saturated carbocycles. The van der Waals surface area contributed by atoms with Crippen LogP contribution >= 0.6 is 0 Å². The minimum Gasteiger partial charge on any atom is -0.430 e. The molecule has 0 aliphatic heterocycles. The van der Waals surface area contributed by atoms with Crippen LogP contribution in [0.15, 0.2) is 48.9 Å². The highest BCUT2D eigenvalue weighted by Crippen LogP contribution is 2.09. The van der Waals surface area contributed by atoms with Gasteiger partial charge in [0.15, 0.2) is 6.61 Å². The minimum atomic E-state index is -0.767. The lowest BCUT2D eigenvalue weighted by Gasteiger charge is -2.06. The quantitative estimate of drug-likeness (QED) is 0.336. The summed E-state index contributed by atoms with van der Waals surface area (Å²) in [6, 6.07) is 5.84. The van der Waals surface area contributed by atoms with Crippen molar-refractivity contribution in [2.45, 2.75) is 0 Å². The predicted molar refractivity (Wildman–Crippen MR) is 74.8 cm³/mol. The van der Waals surface area contributed by atoms with Crippen molar-refractivity contribution in [3.05, 3.63) is 64.6 Å². The van der Waals surface area contributed by atoms with Gasteiger partial charge in [-0.1, -0.05) is 12.7 Å². The third-order valence-corrected chi connectivity index (χ3v) is 2.24. The molecule has 0 bridgehead atoms. The number of nitrogens with two attached hydrogens (primary N) is 1. The fourth-order valence-corrected chi connectivity index (χ4v) is 1.32. The molecule has 0 radical (unpaired) electrons. The van der Waals surface area contributed by atoms with E-state index in [-0.39, 0.29) is 0 Å². The van der Waals surface area contributed by atoms with Crippen LogP contribution in [0.5, 0.6) is 0 Å². The molecule has 0 aliphatic rings. The minimum absolute atomic E-state index is 0.300. The first-order valence-corrected chi connectivity index (χ1v) is 5.73. The molecule has 110 valence electrons. The molecule has 1 rings (SSSR count). The van der Waals surface area contributed by atoms with Gasteiger partial charge < -0.3 is 15.8 Å². The molecule has 2 amide bonds. The van der Waals surface area contributed by atoms with Crippen LogP contribution in [0.2, 0.25) is 0 Å². The Labute approximate surface area is 120 Å². The fourth-order valence-electron chi connectivity index (χ4n) is 1.32. The molecule has 8 nitrogen and oxygen atoms in total. The second kappa shape index (κ2) is 7.43. The van der Waals surface area contributed by atoms with Gasteiger partial charge in [-0.15, -0.1) is 0 Å². The standard InChI is InChI=1S/C13H13N3O5/c1-2-3-12(16(19)20)21-8-11(17)15-10-6-4-9(5-7-10)13(14)18/h2-7H,1,8H2,(H2,14,18)(H,15,17)/b12-3-. The van der Waals surface area contributed by atoms with E-state index in [0.29, 0.717) is 11.3 Å². The summed E-state index contributed by atoms with van der Waals surface area (Å²) in [5.41, 5.74) is 5.78. The van der Waals surface area contributed by atoms with Gasteiger partial charge in [-0.3, -0.25) is 19.7 Å². The van der Waals surface area contributed by atoms with Gasteiger partial charge in [-0.25, -0.2) is 0 Å². The number of allylic oxidation sites excluding steroid dienone is 2.